The van der Waals surface area contributed by atoms with Gasteiger partial charge >= 0.3 is 5.69 Å². The summed E-state index contributed by atoms with van der Waals surface area (Å²) in [7, 11) is 1.49. The van der Waals surface area contributed by atoms with E-state index in [-0.39, 0.29) is 18.0 Å². The number of benzene rings is 1. The van der Waals surface area contributed by atoms with Crippen LogP contribution in [0.5, 0.6) is 11.6 Å². The van der Waals surface area contributed by atoms with Gasteiger partial charge in [0.25, 0.3) is 0 Å². The number of nitro benzene ring substituents is 1. The molecule has 7 heteroatoms. The fourth-order valence-corrected chi connectivity index (χ4v) is 1.79. The number of methoxy groups -OCH3 is 1. The van der Waals surface area contributed by atoms with E-state index in [9.17, 15) is 10.1 Å². The van der Waals surface area contributed by atoms with E-state index < -0.39 is 4.92 Å². The Bertz CT molecular complexity index is 634. The fourth-order valence-electron chi connectivity index (χ4n) is 1.63. The highest BCUT2D eigenvalue weighted by atomic mass is 35.5. The summed E-state index contributed by atoms with van der Waals surface area (Å²) >= 11 is 5.82. The number of pyridine rings is 1. The van der Waals surface area contributed by atoms with Crippen molar-refractivity contribution in [3.63, 3.8) is 0 Å². The molecule has 0 aliphatic heterocycles. The molecule has 2 rings (SSSR count). The van der Waals surface area contributed by atoms with Gasteiger partial charge in [0.05, 0.1) is 17.6 Å². The first-order valence-corrected chi connectivity index (χ1v) is 6.04. The molecule has 0 aliphatic carbocycles. The van der Waals surface area contributed by atoms with Gasteiger partial charge in [-0.25, -0.2) is 4.98 Å². The van der Waals surface area contributed by atoms with Crippen molar-refractivity contribution < 1.29 is 14.4 Å². The third-order valence-electron chi connectivity index (χ3n) is 2.55. The van der Waals surface area contributed by atoms with E-state index >= 15 is 0 Å². The Morgan fingerprint density at radius 3 is 2.90 bits per heavy atom. The summed E-state index contributed by atoms with van der Waals surface area (Å²) < 4.78 is 10.5. The molecule has 0 fully saturated rings. The van der Waals surface area contributed by atoms with Crippen LogP contribution in [0.1, 0.15) is 5.56 Å². The summed E-state index contributed by atoms with van der Waals surface area (Å²) in [5, 5.41) is 11.3. The molecule has 0 radical (unpaired) electrons. The zero-order chi connectivity index (χ0) is 14.5. The number of hydrogen-bond donors (Lipinski definition) is 0. The normalized spacial score (nSPS) is 10.1. The Balaban J connectivity index is 2.22. The predicted molar refractivity (Wildman–Crippen MR) is 73.2 cm³/mol. The second kappa shape index (κ2) is 6.21. The quantitative estimate of drug-likeness (QED) is 0.625. The zero-order valence-electron chi connectivity index (χ0n) is 10.6. The lowest BCUT2D eigenvalue weighted by Gasteiger charge is -2.09. The molecule has 1 heterocycles. The number of aromatic nitrogens is 1. The SMILES string of the molecule is COc1ncccc1COc1cc(Cl)ccc1[N+](=O)[O-]. The maximum atomic E-state index is 10.9. The summed E-state index contributed by atoms with van der Waals surface area (Å²) in [5.41, 5.74) is 0.543. The molecule has 0 aliphatic rings. The highest BCUT2D eigenvalue weighted by Crippen LogP contribution is 2.31. The zero-order valence-corrected chi connectivity index (χ0v) is 11.3. The average Bonchev–Trinajstić information content (AvgIpc) is 2.45. The van der Waals surface area contributed by atoms with Crippen LogP contribution in [0.2, 0.25) is 5.02 Å². The molecular formula is C13H11ClN2O4. The maximum Gasteiger partial charge on any atom is 0.311 e. The van der Waals surface area contributed by atoms with Crippen molar-refractivity contribution in [1.82, 2.24) is 4.98 Å². The highest BCUT2D eigenvalue weighted by Gasteiger charge is 2.16. The first kappa shape index (κ1) is 14.1. The second-order valence-electron chi connectivity index (χ2n) is 3.83. The fraction of sp³-hybridized carbons (Fsp3) is 0.154. The lowest BCUT2D eigenvalue weighted by molar-refractivity contribution is -0.385. The Morgan fingerprint density at radius 1 is 1.40 bits per heavy atom. The minimum Gasteiger partial charge on any atom is -0.482 e. The lowest BCUT2D eigenvalue weighted by atomic mass is 10.2. The van der Waals surface area contributed by atoms with Gasteiger partial charge in [0.2, 0.25) is 5.88 Å². The number of rotatable bonds is 5. The van der Waals surface area contributed by atoms with Crippen molar-refractivity contribution in [2.45, 2.75) is 6.61 Å². The number of halogens is 1. The molecule has 0 bridgehead atoms. The second-order valence-corrected chi connectivity index (χ2v) is 4.27. The molecule has 0 unspecified atom stereocenters. The van der Waals surface area contributed by atoms with Gasteiger partial charge in [-0.2, -0.15) is 0 Å². The van der Waals surface area contributed by atoms with Crippen LogP contribution in [0.4, 0.5) is 5.69 Å². The van der Waals surface area contributed by atoms with Gasteiger partial charge in [0, 0.05) is 23.4 Å². The Hall–Kier alpha value is -2.34. The van der Waals surface area contributed by atoms with Gasteiger partial charge < -0.3 is 9.47 Å². The molecular weight excluding hydrogens is 284 g/mol. The van der Waals surface area contributed by atoms with E-state index in [1.807, 2.05) is 0 Å². The summed E-state index contributed by atoms with van der Waals surface area (Å²) in [6, 6.07) is 7.65. The molecule has 6 nitrogen and oxygen atoms in total. The van der Waals surface area contributed by atoms with Crippen LogP contribution in [0.3, 0.4) is 0 Å². The number of ether oxygens (including phenoxy) is 2. The smallest absolute Gasteiger partial charge is 0.311 e. The summed E-state index contributed by atoms with van der Waals surface area (Å²) in [5.74, 6) is 0.519. The van der Waals surface area contributed by atoms with Gasteiger partial charge in [0.15, 0.2) is 5.75 Å². The summed E-state index contributed by atoms with van der Waals surface area (Å²) in [4.78, 5) is 14.4. The van der Waals surface area contributed by atoms with E-state index in [0.717, 1.165) is 0 Å². The third-order valence-corrected chi connectivity index (χ3v) is 2.78. The number of nitrogens with zero attached hydrogens (tertiary/aromatic N) is 2. The molecule has 0 N–H and O–H groups in total. The van der Waals surface area contributed by atoms with Gasteiger partial charge in [-0.3, -0.25) is 10.1 Å². The minimum absolute atomic E-state index is 0.0954. The van der Waals surface area contributed by atoms with Crippen LogP contribution in [0, 0.1) is 10.1 Å². The average molecular weight is 295 g/mol. The van der Waals surface area contributed by atoms with Gasteiger partial charge in [-0.15, -0.1) is 0 Å². The van der Waals surface area contributed by atoms with Crippen LogP contribution in [0.25, 0.3) is 0 Å². The molecule has 0 saturated carbocycles. The third kappa shape index (κ3) is 3.16. The Kier molecular flexibility index (Phi) is 4.37. The van der Waals surface area contributed by atoms with Gasteiger partial charge in [-0.1, -0.05) is 11.6 Å². The van der Waals surface area contributed by atoms with Crippen molar-refractivity contribution in [3.8, 4) is 11.6 Å². The molecule has 0 spiro atoms. The highest BCUT2D eigenvalue weighted by molar-refractivity contribution is 6.30. The van der Waals surface area contributed by atoms with Crippen molar-refractivity contribution >= 4 is 17.3 Å². The molecule has 1 aromatic heterocycles. The molecule has 0 saturated heterocycles. The molecule has 104 valence electrons. The standard InChI is InChI=1S/C13H11ClN2O4/c1-19-13-9(3-2-6-15-13)8-20-12-7-10(14)4-5-11(12)16(17)18/h2-7H,8H2,1H3. The largest absolute Gasteiger partial charge is 0.482 e. The monoisotopic (exact) mass is 294 g/mol. The molecule has 1 aromatic carbocycles. The molecule has 20 heavy (non-hydrogen) atoms. The summed E-state index contributed by atoms with van der Waals surface area (Å²) in [6.07, 6.45) is 1.59. The van der Waals surface area contributed by atoms with Crippen LogP contribution in [0.15, 0.2) is 36.5 Å². The van der Waals surface area contributed by atoms with E-state index in [0.29, 0.717) is 16.5 Å². The van der Waals surface area contributed by atoms with Gasteiger partial charge in [0.1, 0.15) is 6.61 Å². The first-order valence-electron chi connectivity index (χ1n) is 5.66. The topological polar surface area (TPSA) is 74.5 Å². The van der Waals surface area contributed by atoms with Gasteiger partial charge in [-0.05, 0) is 18.2 Å². The van der Waals surface area contributed by atoms with E-state index in [1.54, 1.807) is 18.3 Å². The van der Waals surface area contributed by atoms with Crippen molar-refractivity contribution in [1.29, 1.82) is 0 Å². The van der Waals surface area contributed by atoms with E-state index in [1.165, 1.54) is 25.3 Å². The van der Waals surface area contributed by atoms with Crippen LogP contribution >= 0.6 is 11.6 Å². The van der Waals surface area contributed by atoms with E-state index in [2.05, 4.69) is 4.98 Å². The molecule has 2 aromatic rings. The molecule has 0 atom stereocenters. The lowest BCUT2D eigenvalue weighted by Crippen LogP contribution is -2.02. The first-order chi connectivity index (χ1) is 9.61. The van der Waals surface area contributed by atoms with Crippen molar-refractivity contribution in [2.24, 2.45) is 0 Å². The Morgan fingerprint density at radius 2 is 2.20 bits per heavy atom. The van der Waals surface area contributed by atoms with Crippen LogP contribution in [-0.4, -0.2) is 17.0 Å². The summed E-state index contributed by atoms with van der Waals surface area (Å²) in [6.45, 7) is 0.0954. The Labute approximate surface area is 120 Å². The number of nitro groups is 1. The maximum absolute atomic E-state index is 10.9. The number of hydrogen-bond acceptors (Lipinski definition) is 5. The van der Waals surface area contributed by atoms with E-state index in [4.69, 9.17) is 21.1 Å². The van der Waals surface area contributed by atoms with Crippen LogP contribution in [-0.2, 0) is 6.61 Å². The van der Waals surface area contributed by atoms with Crippen molar-refractivity contribution in [3.05, 3.63) is 57.2 Å². The predicted octanol–water partition coefficient (Wildman–Crippen LogP) is 3.23. The minimum atomic E-state index is -0.522. The van der Waals surface area contributed by atoms with Crippen molar-refractivity contribution in [2.75, 3.05) is 7.11 Å². The van der Waals surface area contributed by atoms with Crippen LogP contribution < -0.4 is 9.47 Å². The molecule has 0 amide bonds.